The number of benzene rings is 1. The van der Waals surface area contributed by atoms with Gasteiger partial charge in [-0.15, -0.1) is 0 Å². The Balaban J connectivity index is 1.86. The zero-order valence-corrected chi connectivity index (χ0v) is 14.6. The van der Waals surface area contributed by atoms with Gasteiger partial charge in [-0.3, -0.25) is 15.4 Å². The lowest BCUT2D eigenvalue weighted by Crippen LogP contribution is -2.44. The van der Waals surface area contributed by atoms with E-state index < -0.39 is 11.9 Å². The van der Waals surface area contributed by atoms with Crippen LogP contribution < -0.4 is 16.0 Å². The average molecular weight is 343 g/mol. The van der Waals surface area contributed by atoms with Crippen LogP contribution in [0.25, 0.3) is 0 Å². The summed E-state index contributed by atoms with van der Waals surface area (Å²) in [5, 5.41) is 8.13. The van der Waals surface area contributed by atoms with E-state index in [0.717, 1.165) is 12.0 Å². The third kappa shape index (κ3) is 6.43. The minimum Gasteiger partial charge on any atom is -0.467 e. The average Bonchev–Trinajstić information content (AvgIpc) is 3.10. The molecule has 6 heteroatoms. The van der Waals surface area contributed by atoms with E-state index in [0.29, 0.717) is 18.2 Å². The maximum atomic E-state index is 12.0. The molecule has 1 heterocycles. The SMILES string of the molecule is CC(C)CCNC(=O)NC(=O)CN[C@H](c1ccccc1)c1ccco1. The Morgan fingerprint density at radius 2 is 1.84 bits per heavy atom. The molecule has 3 N–H and O–H groups in total. The predicted molar refractivity (Wildman–Crippen MR) is 96.0 cm³/mol. The first-order chi connectivity index (χ1) is 12.1. The Morgan fingerprint density at radius 3 is 2.48 bits per heavy atom. The first-order valence-corrected chi connectivity index (χ1v) is 8.45. The second-order valence-corrected chi connectivity index (χ2v) is 6.23. The molecule has 1 aromatic heterocycles. The van der Waals surface area contributed by atoms with Gasteiger partial charge in [-0.25, -0.2) is 4.79 Å². The summed E-state index contributed by atoms with van der Waals surface area (Å²) in [6, 6.07) is 12.6. The quantitative estimate of drug-likeness (QED) is 0.688. The van der Waals surface area contributed by atoms with Crippen LogP contribution in [-0.2, 0) is 4.79 Å². The van der Waals surface area contributed by atoms with Crippen molar-refractivity contribution in [3.05, 3.63) is 60.1 Å². The van der Waals surface area contributed by atoms with Crippen LogP contribution in [0.1, 0.15) is 37.6 Å². The monoisotopic (exact) mass is 343 g/mol. The van der Waals surface area contributed by atoms with E-state index in [-0.39, 0.29) is 12.6 Å². The standard InChI is InChI=1S/C19H25N3O3/c1-14(2)10-11-20-19(24)22-17(23)13-21-18(16-9-6-12-25-16)15-7-4-3-5-8-15/h3-9,12,14,18,21H,10-11,13H2,1-2H3,(H2,20,22,23,24)/t18-/m1/s1. The molecule has 0 unspecified atom stereocenters. The van der Waals surface area contributed by atoms with Crippen LogP contribution in [0.4, 0.5) is 4.79 Å². The normalized spacial score (nSPS) is 12.0. The van der Waals surface area contributed by atoms with Gasteiger partial charge < -0.3 is 9.73 Å². The lowest BCUT2D eigenvalue weighted by Gasteiger charge is -2.17. The van der Waals surface area contributed by atoms with Crippen LogP contribution in [-0.4, -0.2) is 25.0 Å². The molecule has 2 rings (SSSR count). The van der Waals surface area contributed by atoms with Crippen molar-refractivity contribution < 1.29 is 14.0 Å². The highest BCUT2D eigenvalue weighted by Gasteiger charge is 2.18. The fourth-order valence-corrected chi connectivity index (χ4v) is 2.37. The Morgan fingerprint density at radius 1 is 1.08 bits per heavy atom. The van der Waals surface area contributed by atoms with Crippen molar-refractivity contribution >= 4 is 11.9 Å². The van der Waals surface area contributed by atoms with Crippen LogP contribution in [0, 0.1) is 5.92 Å². The molecule has 1 atom stereocenters. The molecule has 0 spiro atoms. The highest BCUT2D eigenvalue weighted by molar-refractivity contribution is 5.95. The number of carbonyl (C=O) groups excluding carboxylic acids is 2. The highest BCUT2D eigenvalue weighted by Crippen LogP contribution is 2.21. The van der Waals surface area contributed by atoms with Crippen LogP contribution in [0.5, 0.6) is 0 Å². The highest BCUT2D eigenvalue weighted by atomic mass is 16.3. The zero-order valence-electron chi connectivity index (χ0n) is 14.6. The molecule has 6 nitrogen and oxygen atoms in total. The number of urea groups is 1. The van der Waals surface area contributed by atoms with E-state index in [1.165, 1.54) is 0 Å². The van der Waals surface area contributed by atoms with E-state index in [4.69, 9.17) is 4.42 Å². The summed E-state index contributed by atoms with van der Waals surface area (Å²) in [6.45, 7) is 4.70. The molecule has 0 saturated heterocycles. The van der Waals surface area contributed by atoms with Crippen LogP contribution in [0.15, 0.2) is 53.1 Å². The minimum atomic E-state index is -0.471. The summed E-state index contributed by atoms with van der Waals surface area (Å²) in [5.74, 6) is 0.813. The number of hydrogen-bond acceptors (Lipinski definition) is 4. The third-order valence-electron chi connectivity index (χ3n) is 3.69. The smallest absolute Gasteiger partial charge is 0.321 e. The zero-order chi connectivity index (χ0) is 18.1. The molecule has 1 aromatic carbocycles. The van der Waals surface area contributed by atoms with Crippen molar-refractivity contribution in [2.24, 2.45) is 5.92 Å². The van der Waals surface area contributed by atoms with E-state index in [1.54, 1.807) is 12.3 Å². The van der Waals surface area contributed by atoms with Gasteiger partial charge in [-0.1, -0.05) is 44.2 Å². The Bertz CT molecular complexity index is 654. The third-order valence-corrected chi connectivity index (χ3v) is 3.69. The number of imide groups is 1. The topological polar surface area (TPSA) is 83.4 Å². The van der Waals surface area contributed by atoms with Crippen LogP contribution >= 0.6 is 0 Å². The minimum absolute atomic E-state index is 0.00212. The van der Waals surface area contributed by atoms with E-state index >= 15 is 0 Å². The molecular weight excluding hydrogens is 318 g/mol. The molecule has 0 aliphatic heterocycles. The number of carbonyl (C=O) groups is 2. The van der Waals surface area contributed by atoms with E-state index in [1.807, 2.05) is 36.4 Å². The summed E-state index contributed by atoms with van der Waals surface area (Å²) in [7, 11) is 0. The Kier molecular flexibility index (Phi) is 7.22. The summed E-state index contributed by atoms with van der Waals surface area (Å²) in [6.07, 6.45) is 2.46. The van der Waals surface area contributed by atoms with Crippen molar-refractivity contribution in [1.29, 1.82) is 0 Å². The molecule has 3 amide bonds. The first kappa shape index (κ1) is 18.7. The second kappa shape index (κ2) is 9.64. The molecule has 0 aliphatic rings. The maximum absolute atomic E-state index is 12.0. The van der Waals surface area contributed by atoms with Gasteiger partial charge in [0.15, 0.2) is 0 Å². The van der Waals surface area contributed by atoms with Gasteiger partial charge in [-0.2, -0.15) is 0 Å². The molecule has 134 valence electrons. The summed E-state index contributed by atoms with van der Waals surface area (Å²) in [4.78, 5) is 23.7. The second-order valence-electron chi connectivity index (χ2n) is 6.23. The van der Waals surface area contributed by atoms with Gasteiger partial charge in [-0.05, 0) is 30.0 Å². The van der Waals surface area contributed by atoms with Crippen molar-refractivity contribution in [2.75, 3.05) is 13.1 Å². The predicted octanol–water partition coefficient (Wildman–Crippen LogP) is 2.83. The molecule has 0 radical (unpaired) electrons. The molecule has 0 fully saturated rings. The molecule has 0 bridgehead atoms. The fraction of sp³-hybridized carbons (Fsp3) is 0.368. The summed E-state index contributed by atoms with van der Waals surface area (Å²) in [5.41, 5.74) is 0.978. The molecule has 2 aromatic rings. The van der Waals surface area contributed by atoms with Gasteiger partial charge in [0.25, 0.3) is 0 Å². The molecule has 0 saturated carbocycles. The van der Waals surface area contributed by atoms with Gasteiger partial charge in [0.1, 0.15) is 5.76 Å². The molecule has 0 aliphatic carbocycles. The van der Waals surface area contributed by atoms with Gasteiger partial charge in [0.2, 0.25) is 5.91 Å². The van der Waals surface area contributed by atoms with Crippen molar-refractivity contribution in [3.63, 3.8) is 0 Å². The largest absolute Gasteiger partial charge is 0.467 e. The Hall–Kier alpha value is -2.60. The van der Waals surface area contributed by atoms with E-state index in [9.17, 15) is 9.59 Å². The molecule has 25 heavy (non-hydrogen) atoms. The number of nitrogens with one attached hydrogen (secondary N) is 3. The van der Waals surface area contributed by atoms with Crippen molar-refractivity contribution in [2.45, 2.75) is 26.3 Å². The van der Waals surface area contributed by atoms with Crippen molar-refractivity contribution in [3.8, 4) is 0 Å². The number of hydrogen-bond donors (Lipinski definition) is 3. The summed E-state index contributed by atoms with van der Waals surface area (Å²) >= 11 is 0. The first-order valence-electron chi connectivity index (χ1n) is 8.45. The Labute approximate surface area is 148 Å². The maximum Gasteiger partial charge on any atom is 0.321 e. The number of rotatable bonds is 8. The van der Waals surface area contributed by atoms with Gasteiger partial charge in [0, 0.05) is 6.54 Å². The van der Waals surface area contributed by atoms with Crippen molar-refractivity contribution in [1.82, 2.24) is 16.0 Å². The molecular formula is C19H25N3O3. The fourth-order valence-electron chi connectivity index (χ4n) is 2.37. The van der Waals surface area contributed by atoms with Gasteiger partial charge in [0.05, 0.1) is 18.8 Å². The lowest BCUT2D eigenvalue weighted by atomic mass is 10.0. The van der Waals surface area contributed by atoms with Crippen LogP contribution in [0.2, 0.25) is 0 Å². The number of amides is 3. The number of furan rings is 1. The lowest BCUT2D eigenvalue weighted by molar-refractivity contribution is -0.119. The summed E-state index contributed by atoms with van der Waals surface area (Å²) < 4.78 is 5.47. The van der Waals surface area contributed by atoms with E-state index in [2.05, 4.69) is 29.8 Å². The van der Waals surface area contributed by atoms with Gasteiger partial charge >= 0.3 is 6.03 Å². The van der Waals surface area contributed by atoms with Crippen LogP contribution in [0.3, 0.4) is 0 Å².